The van der Waals surface area contributed by atoms with Gasteiger partial charge in [-0.05, 0) is 12.8 Å². The molecule has 0 saturated heterocycles. The molecule has 0 amide bonds. The number of hydroxylamine groups is 4. The minimum absolute atomic E-state index is 0.685. The third-order valence-electron chi connectivity index (χ3n) is 2.27. The number of hydrogen-bond donors (Lipinski definition) is 0. The van der Waals surface area contributed by atoms with Crippen LogP contribution in [0, 0.1) is 0 Å². The van der Waals surface area contributed by atoms with Gasteiger partial charge in [-0.2, -0.15) is 10.1 Å². The summed E-state index contributed by atoms with van der Waals surface area (Å²) in [5.74, 6) is 0. The van der Waals surface area contributed by atoms with Gasteiger partial charge in [0.05, 0.1) is 13.2 Å². The maximum atomic E-state index is 5.84. The molecule has 0 atom stereocenters. The molecule has 104 valence electrons. The van der Waals surface area contributed by atoms with Crippen LogP contribution in [-0.4, -0.2) is 63.7 Å². The molecule has 0 bridgehead atoms. The predicted molar refractivity (Wildman–Crippen MR) is 68.6 cm³/mol. The molecule has 0 aliphatic heterocycles. The van der Waals surface area contributed by atoms with Gasteiger partial charge in [-0.3, -0.25) is 0 Å². The molecule has 0 N–H and O–H groups in total. The molecular formula is C12H28N2O3. The molecule has 0 rings (SSSR count). The van der Waals surface area contributed by atoms with E-state index >= 15 is 0 Å². The van der Waals surface area contributed by atoms with Gasteiger partial charge in [-0.15, -0.1) is 0 Å². The first-order valence-electron chi connectivity index (χ1n) is 6.44. The van der Waals surface area contributed by atoms with E-state index in [-0.39, 0.29) is 0 Å². The van der Waals surface area contributed by atoms with Crippen LogP contribution in [0.3, 0.4) is 0 Å². The van der Waals surface area contributed by atoms with Crippen molar-refractivity contribution in [3.05, 3.63) is 0 Å². The maximum absolute atomic E-state index is 5.84. The fourth-order valence-electron chi connectivity index (χ4n) is 1.44. The molecule has 0 radical (unpaired) electrons. The molecule has 0 unspecified atom stereocenters. The van der Waals surface area contributed by atoms with E-state index in [1.54, 1.807) is 14.2 Å². The number of ether oxygens (including phenoxy) is 2. The molecule has 0 heterocycles. The van der Waals surface area contributed by atoms with E-state index in [1.807, 2.05) is 10.1 Å². The smallest absolute Gasteiger partial charge is 0.0613 e. The Labute approximate surface area is 106 Å². The molecule has 0 aromatic rings. The molecule has 0 saturated carbocycles. The van der Waals surface area contributed by atoms with Crippen LogP contribution in [0.2, 0.25) is 0 Å². The number of methoxy groups -OCH3 is 2. The summed E-state index contributed by atoms with van der Waals surface area (Å²) in [5.41, 5.74) is 0. The van der Waals surface area contributed by atoms with E-state index in [0.717, 1.165) is 39.0 Å². The Morgan fingerprint density at radius 3 is 1.41 bits per heavy atom. The molecule has 0 spiro atoms. The lowest BCUT2D eigenvalue weighted by Gasteiger charge is -2.28. The van der Waals surface area contributed by atoms with E-state index in [9.17, 15) is 0 Å². The first kappa shape index (κ1) is 16.8. The summed E-state index contributed by atoms with van der Waals surface area (Å²) in [4.78, 5) is 5.84. The zero-order valence-electron chi connectivity index (χ0n) is 11.8. The standard InChI is InChI=1S/C12H28N2O3/c1-5-7-13(9-11-15-3)17-14(8-6-2)10-12-16-4/h5-12H2,1-4H3. The Morgan fingerprint density at radius 2 is 1.12 bits per heavy atom. The summed E-state index contributed by atoms with van der Waals surface area (Å²) >= 11 is 0. The summed E-state index contributed by atoms with van der Waals surface area (Å²) in [5, 5.41) is 3.91. The topological polar surface area (TPSA) is 34.2 Å². The van der Waals surface area contributed by atoms with Gasteiger partial charge in [0, 0.05) is 40.4 Å². The van der Waals surface area contributed by atoms with Gasteiger partial charge in [0.1, 0.15) is 0 Å². The maximum Gasteiger partial charge on any atom is 0.0613 e. The first-order chi connectivity index (χ1) is 8.28. The lowest BCUT2D eigenvalue weighted by atomic mass is 10.4. The van der Waals surface area contributed by atoms with Crippen molar-refractivity contribution in [1.29, 1.82) is 0 Å². The normalized spacial score (nSPS) is 11.6. The van der Waals surface area contributed by atoms with Gasteiger partial charge in [0.2, 0.25) is 0 Å². The van der Waals surface area contributed by atoms with Crippen molar-refractivity contribution >= 4 is 0 Å². The number of hydrogen-bond acceptors (Lipinski definition) is 5. The summed E-state index contributed by atoms with van der Waals surface area (Å²) in [6.45, 7) is 9.06. The van der Waals surface area contributed by atoms with Gasteiger partial charge in [-0.25, -0.2) is 4.94 Å². The number of nitrogens with zero attached hydrogens (tertiary/aromatic N) is 2. The molecule has 5 heteroatoms. The van der Waals surface area contributed by atoms with Crippen molar-refractivity contribution in [2.24, 2.45) is 0 Å². The van der Waals surface area contributed by atoms with Gasteiger partial charge >= 0.3 is 0 Å². The minimum Gasteiger partial charge on any atom is -0.383 e. The molecular weight excluding hydrogens is 220 g/mol. The van der Waals surface area contributed by atoms with Crippen LogP contribution in [0.25, 0.3) is 0 Å². The van der Waals surface area contributed by atoms with E-state index < -0.39 is 0 Å². The molecule has 5 nitrogen and oxygen atoms in total. The second-order valence-corrected chi connectivity index (χ2v) is 3.93. The number of rotatable bonds is 12. The largest absolute Gasteiger partial charge is 0.383 e. The van der Waals surface area contributed by atoms with Crippen LogP contribution in [0.5, 0.6) is 0 Å². The van der Waals surface area contributed by atoms with Crippen LogP contribution in [0.1, 0.15) is 26.7 Å². The zero-order chi connectivity index (χ0) is 12.9. The first-order valence-corrected chi connectivity index (χ1v) is 6.44. The van der Waals surface area contributed by atoms with E-state index in [4.69, 9.17) is 14.4 Å². The lowest BCUT2D eigenvalue weighted by Crippen LogP contribution is -2.39. The summed E-state index contributed by atoms with van der Waals surface area (Å²) in [6.07, 6.45) is 2.13. The van der Waals surface area contributed by atoms with Crippen molar-refractivity contribution in [3.63, 3.8) is 0 Å². The lowest BCUT2D eigenvalue weighted by molar-refractivity contribution is -0.329. The van der Waals surface area contributed by atoms with Crippen LogP contribution in [-0.2, 0) is 14.4 Å². The average molecular weight is 248 g/mol. The highest BCUT2D eigenvalue weighted by atomic mass is 16.8. The quantitative estimate of drug-likeness (QED) is 0.490. The van der Waals surface area contributed by atoms with Crippen molar-refractivity contribution in [2.45, 2.75) is 26.7 Å². The fraction of sp³-hybridized carbons (Fsp3) is 1.00. The van der Waals surface area contributed by atoms with Crippen molar-refractivity contribution < 1.29 is 14.4 Å². The highest BCUT2D eigenvalue weighted by Gasteiger charge is 2.11. The highest BCUT2D eigenvalue weighted by Crippen LogP contribution is 2.00. The van der Waals surface area contributed by atoms with Gasteiger partial charge in [-0.1, -0.05) is 13.8 Å². The van der Waals surface area contributed by atoms with E-state index in [0.29, 0.717) is 13.2 Å². The minimum atomic E-state index is 0.685. The zero-order valence-corrected chi connectivity index (χ0v) is 11.8. The van der Waals surface area contributed by atoms with Crippen LogP contribution in [0.15, 0.2) is 0 Å². The van der Waals surface area contributed by atoms with Crippen molar-refractivity contribution in [3.8, 4) is 0 Å². The Bertz CT molecular complexity index is 143. The highest BCUT2D eigenvalue weighted by molar-refractivity contribution is 4.47. The monoisotopic (exact) mass is 248 g/mol. The van der Waals surface area contributed by atoms with Crippen LogP contribution < -0.4 is 0 Å². The van der Waals surface area contributed by atoms with E-state index in [2.05, 4.69) is 13.8 Å². The second-order valence-electron chi connectivity index (χ2n) is 3.93. The Balaban J connectivity index is 4.02. The second kappa shape index (κ2) is 12.3. The Morgan fingerprint density at radius 1 is 0.706 bits per heavy atom. The molecule has 0 aliphatic rings. The Hall–Kier alpha value is -0.200. The van der Waals surface area contributed by atoms with Crippen molar-refractivity contribution in [1.82, 2.24) is 10.1 Å². The van der Waals surface area contributed by atoms with Crippen molar-refractivity contribution in [2.75, 3.05) is 53.6 Å². The molecule has 0 aliphatic carbocycles. The molecule has 17 heavy (non-hydrogen) atoms. The Kier molecular flexibility index (Phi) is 12.1. The van der Waals surface area contributed by atoms with Gasteiger partial charge < -0.3 is 9.47 Å². The molecule has 0 fully saturated rings. The third kappa shape index (κ3) is 9.50. The predicted octanol–water partition coefficient (Wildman–Crippen LogP) is 1.55. The summed E-state index contributed by atoms with van der Waals surface area (Å²) in [7, 11) is 3.41. The SMILES string of the molecule is CCCN(CCOC)ON(CCC)CCOC. The fourth-order valence-corrected chi connectivity index (χ4v) is 1.44. The molecule has 0 aromatic heterocycles. The third-order valence-corrected chi connectivity index (χ3v) is 2.27. The molecule has 0 aromatic carbocycles. The van der Waals surface area contributed by atoms with Crippen LogP contribution in [0.4, 0.5) is 0 Å². The summed E-state index contributed by atoms with van der Waals surface area (Å²) in [6, 6.07) is 0. The van der Waals surface area contributed by atoms with Gasteiger partial charge in [0.25, 0.3) is 0 Å². The van der Waals surface area contributed by atoms with E-state index in [1.165, 1.54) is 0 Å². The summed E-state index contributed by atoms with van der Waals surface area (Å²) < 4.78 is 10.2. The van der Waals surface area contributed by atoms with Crippen LogP contribution >= 0.6 is 0 Å². The van der Waals surface area contributed by atoms with Gasteiger partial charge in [0.15, 0.2) is 0 Å². The average Bonchev–Trinajstić information content (AvgIpc) is 2.33.